The largest absolute Gasteiger partial charge is 0.416 e. The molecular weight excluding hydrogens is 1440 g/mol. The number of nitrogens with zero attached hydrogens (tertiary/aromatic N) is 2. The Labute approximate surface area is 634 Å². The molecule has 2 N–H and O–H groups in total. The highest BCUT2D eigenvalue weighted by Crippen LogP contribution is 2.55. The highest BCUT2D eigenvalue weighted by molar-refractivity contribution is 6.53. The van der Waals surface area contributed by atoms with Gasteiger partial charge in [0.05, 0.1) is 67.2 Å². The number of benzene rings is 12. The maximum Gasteiger partial charge on any atom is 0.416 e. The van der Waals surface area contributed by atoms with E-state index in [4.69, 9.17) is 9.98 Å². The number of halogens is 12. The molecule has 16 heteroatoms. The van der Waals surface area contributed by atoms with E-state index >= 15 is 52.7 Å². The predicted octanol–water partition coefficient (Wildman–Crippen LogP) is 24.8. The van der Waals surface area contributed by atoms with Crippen LogP contribution in [0.5, 0.6) is 0 Å². The number of nitrogens with one attached hydrogen (secondary N) is 2. The molecule has 4 heterocycles. The molecule has 0 saturated heterocycles. The quantitative estimate of drug-likeness (QED) is 0.115. The van der Waals surface area contributed by atoms with E-state index in [1.54, 1.807) is 0 Å². The zero-order valence-corrected chi connectivity index (χ0v) is 58.8. The summed E-state index contributed by atoms with van der Waals surface area (Å²) in [6.45, 7) is 0. The molecule has 0 unspecified atom stereocenters. The summed E-state index contributed by atoms with van der Waals surface area (Å²) in [4.78, 5) is 20.0. The average Bonchev–Trinajstić information content (AvgIpc) is 1.55. The first-order chi connectivity index (χ1) is 54.2. The second-order valence-corrected chi connectivity index (χ2v) is 27.1. The molecule has 546 valence electrons. The van der Waals surface area contributed by atoms with Gasteiger partial charge in [-0.2, -0.15) is 52.7 Å². The Morgan fingerprint density at radius 3 is 0.607 bits per heavy atom. The molecule has 3 aliphatic rings. The summed E-state index contributed by atoms with van der Waals surface area (Å²) < 4.78 is 184. The van der Waals surface area contributed by atoms with E-state index in [1.165, 1.54) is 48.5 Å². The highest BCUT2D eigenvalue weighted by Gasteiger charge is 2.42. The number of H-pyrrole nitrogens is 2. The Hall–Kier alpha value is -13.6. The Morgan fingerprint density at radius 1 is 0.179 bits per heavy atom. The van der Waals surface area contributed by atoms with Gasteiger partial charge >= 0.3 is 24.7 Å². The van der Waals surface area contributed by atoms with Gasteiger partial charge in [-0.05, 0) is 115 Å². The lowest BCUT2D eigenvalue weighted by molar-refractivity contribution is -0.138. The fourth-order valence-corrected chi connectivity index (χ4v) is 15.4. The summed E-state index contributed by atoms with van der Waals surface area (Å²) in [5.74, 6) is 0. The third-order valence-corrected chi connectivity index (χ3v) is 20.3. The van der Waals surface area contributed by atoms with Gasteiger partial charge in [0.25, 0.3) is 0 Å². The Kier molecular flexibility index (Phi) is 18.1. The number of fused-ring (bicyclic) bond motifs is 10. The topological polar surface area (TPSA) is 56.3 Å². The van der Waals surface area contributed by atoms with Gasteiger partial charge in [-0.1, -0.05) is 291 Å². The van der Waals surface area contributed by atoms with E-state index in [0.29, 0.717) is 89.1 Å². The number of allylic oxidation sites excluding steroid dienone is 4. The summed E-state index contributed by atoms with van der Waals surface area (Å²) in [7, 11) is 0. The fraction of sp³-hybridized carbons (Fsp3) is 0.0417. The number of rotatable bonds is 12. The lowest BCUT2D eigenvalue weighted by atomic mass is 9.83. The van der Waals surface area contributed by atoms with Crippen molar-refractivity contribution in [1.29, 1.82) is 0 Å². The molecule has 2 aliphatic heterocycles. The van der Waals surface area contributed by atoms with Gasteiger partial charge in [0.1, 0.15) is 0 Å². The first-order valence-electron chi connectivity index (χ1n) is 35.7. The van der Waals surface area contributed by atoms with Crippen molar-refractivity contribution in [1.82, 2.24) is 9.97 Å². The number of aromatic amines is 2. The first-order valence-corrected chi connectivity index (χ1v) is 35.7. The molecule has 8 bridgehead atoms. The number of hydrogen-bond donors (Lipinski definition) is 2. The molecule has 112 heavy (non-hydrogen) atoms. The minimum absolute atomic E-state index is 0.149. The van der Waals surface area contributed by atoms with Gasteiger partial charge in [0.2, 0.25) is 0 Å². The van der Waals surface area contributed by atoms with Gasteiger partial charge in [-0.15, -0.1) is 0 Å². The maximum absolute atomic E-state index is 15.4. The average molecular weight is 1500 g/mol. The van der Waals surface area contributed by atoms with E-state index in [2.05, 4.69) is 9.97 Å². The predicted molar refractivity (Wildman–Crippen MR) is 420 cm³/mol. The molecule has 0 amide bonds. The van der Waals surface area contributed by atoms with Crippen molar-refractivity contribution < 1.29 is 52.7 Å². The number of hydrogen-bond acceptors (Lipinski definition) is 2. The van der Waals surface area contributed by atoms with Crippen molar-refractivity contribution in [2.75, 3.05) is 0 Å². The maximum atomic E-state index is 15.4. The van der Waals surface area contributed by atoms with Crippen LogP contribution in [0.2, 0.25) is 0 Å². The van der Waals surface area contributed by atoms with Crippen molar-refractivity contribution in [3.8, 4) is 44.5 Å². The summed E-state index contributed by atoms with van der Waals surface area (Å²) in [5, 5.41) is 0.472. The van der Waals surface area contributed by atoms with E-state index in [1.807, 2.05) is 243 Å². The van der Waals surface area contributed by atoms with Crippen LogP contribution in [0.15, 0.2) is 361 Å². The lowest BCUT2D eigenvalue weighted by Crippen LogP contribution is -2.24. The Morgan fingerprint density at radius 2 is 0.375 bits per heavy atom. The SMILES string of the molecule is FC(F)(F)c1ccc(C2=C3N=C(C(c4ccccc4)=C3c3ccccc3)C(c3ccc(C(F)(F)F)cc3)=c3[nH]c(c(-c4ccccc4)c3-c3ccccc3)=C(c3ccc(C(F)(F)F)cc3)C3=NC(=C(c4ccc(C(F)(F)F)cc4)c4[nH]c2c(-c2ccccc2)c4-c2ccccc2)C(c2ccccc2)=C3c2ccccc2)cc1. The number of aliphatic imine (C=N–C) groups is 2. The number of alkyl halides is 12. The van der Waals surface area contributed by atoms with Crippen LogP contribution in [0.1, 0.15) is 78.1 Å². The third-order valence-electron chi connectivity index (χ3n) is 20.3. The van der Waals surface area contributed by atoms with Crippen molar-refractivity contribution >= 4 is 56.0 Å². The lowest BCUT2D eigenvalue weighted by Gasteiger charge is -2.18. The van der Waals surface area contributed by atoms with Crippen LogP contribution in [-0.4, -0.2) is 21.4 Å². The van der Waals surface area contributed by atoms with Crippen LogP contribution in [-0.2, 0) is 24.7 Å². The van der Waals surface area contributed by atoms with Gasteiger partial charge in [-0.3, -0.25) is 0 Å². The van der Waals surface area contributed by atoms with E-state index in [0.717, 1.165) is 48.5 Å². The van der Waals surface area contributed by atoms with Crippen LogP contribution in [0.3, 0.4) is 0 Å². The van der Waals surface area contributed by atoms with Gasteiger partial charge < -0.3 is 9.97 Å². The van der Waals surface area contributed by atoms with Crippen LogP contribution >= 0.6 is 0 Å². The standard InChI is InChI=1S/C96H58F12N4/c97-93(98,99)69-49-41-65(42-50-69)81-85-73(57-25-9-1-10-26-57)74(58-27-11-2-12-28-58)86(109-85)82(66-43-51-70(52-44-66)94(100,101)102)88-77(61-33-17-5-18-34-61)78(62-35-19-6-20-36-62)90(111-88)84(68-47-55-72(56-48-68)96(106,107)108)92-80(64-39-23-8-24-40-64)79(63-37-21-7-22-38-63)91(112-92)83(67-45-53-71(54-46-67)95(103,104)105)89-76(60-31-15-4-16-32-60)75(87(81)110-89)59-29-13-3-14-30-59/h1-56,109,112H. The van der Waals surface area contributed by atoms with Crippen molar-refractivity contribution in [3.05, 3.63) is 440 Å². The second kappa shape index (κ2) is 28.4. The summed E-state index contributed by atoms with van der Waals surface area (Å²) in [5.41, 5.74) is 6.35. The summed E-state index contributed by atoms with van der Waals surface area (Å²) in [6, 6.07) is 92.2. The van der Waals surface area contributed by atoms with E-state index in [-0.39, 0.29) is 89.4 Å². The molecule has 0 fully saturated rings. The Balaban J connectivity index is 1.24. The number of aromatic nitrogens is 2. The normalized spacial score (nSPS) is 14.2. The molecule has 0 spiro atoms. The zero-order chi connectivity index (χ0) is 77.2. The summed E-state index contributed by atoms with van der Waals surface area (Å²) in [6.07, 6.45) is -19.4. The molecular formula is C96H58F12N4. The van der Waals surface area contributed by atoms with Crippen molar-refractivity contribution in [2.45, 2.75) is 24.7 Å². The molecule has 14 aromatic rings. The van der Waals surface area contributed by atoms with Gasteiger partial charge in [0.15, 0.2) is 0 Å². The van der Waals surface area contributed by atoms with Gasteiger partial charge in [0, 0.05) is 66.8 Å². The van der Waals surface area contributed by atoms with E-state index in [9.17, 15) is 0 Å². The Bertz CT molecular complexity index is 5890. The molecule has 1 aliphatic carbocycles. The van der Waals surface area contributed by atoms with Crippen LogP contribution in [0.4, 0.5) is 52.7 Å². The molecule has 0 radical (unpaired) electrons. The summed E-state index contributed by atoms with van der Waals surface area (Å²) >= 11 is 0. The molecule has 0 saturated carbocycles. The smallest absolute Gasteiger partial charge is 0.353 e. The van der Waals surface area contributed by atoms with Crippen LogP contribution in [0.25, 0.3) is 89.1 Å². The highest BCUT2D eigenvalue weighted by atomic mass is 19.4. The fourth-order valence-electron chi connectivity index (χ4n) is 15.4. The molecule has 12 aromatic carbocycles. The minimum Gasteiger partial charge on any atom is -0.353 e. The third kappa shape index (κ3) is 13.1. The molecule has 4 nitrogen and oxygen atoms in total. The first kappa shape index (κ1) is 71.3. The van der Waals surface area contributed by atoms with E-state index < -0.39 is 47.0 Å². The van der Waals surface area contributed by atoms with Crippen LogP contribution < -0.4 is 10.7 Å². The zero-order valence-electron chi connectivity index (χ0n) is 58.8. The monoisotopic (exact) mass is 1490 g/mol. The minimum atomic E-state index is -4.84. The molecule has 2 aromatic heterocycles. The van der Waals surface area contributed by atoms with Crippen molar-refractivity contribution in [2.24, 2.45) is 9.98 Å². The van der Waals surface area contributed by atoms with Gasteiger partial charge in [-0.25, -0.2) is 9.98 Å². The van der Waals surface area contributed by atoms with Crippen molar-refractivity contribution in [3.63, 3.8) is 0 Å². The second-order valence-electron chi connectivity index (χ2n) is 27.1. The molecule has 17 rings (SSSR count). The molecule has 0 atom stereocenters. The van der Waals surface area contributed by atoms with Crippen LogP contribution in [0, 0.1) is 0 Å².